The summed E-state index contributed by atoms with van der Waals surface area (Å²) < 4.78 is 10.7. The number of hydrogen-bond acceptors (Lipinski definition) is 6. The van der Waals surface area contributed by atoms with Crippen molar-refractivity contribution in [3.8, 4) is 10.4 Å². The molecule has 0 radical (unpaired) electrons. The lowest BCUT2D eigenvalue weighted by Gasteiger charge is -2.45. The molecule has 2 aliphatic rings. The van der Waals surface area contributed by atoms with E-state index < -0.39 is 17.7 Å². The maximum atomic E-state index is 13.7. The van der Waals surface area contributed by atoms with Crippen LogP contribution < -0.4 is 4.90 Å². The molecule has 1 aromatic carbocycles. The third-order valence-electron chi connectivity index (χ3n) is 6.58. The van der Waals surface area contributed by atoms with Crippen molar-refractivity contribution < 1.29 is 23.9 Å². The van der Waals surface area contributed by atoms with Crippen molar-refractivity contribution in [2.45, 2.75) is 64.5 Å². The first-order valence-electron chi connectivity index (χ1n) is 12.3. The van der Waals surface area contributed by atoms with Gasteiger partial charge in [0, 0.05) is 11.4 Å². The van der Waals surface area contributed by atoms with Crippen molar-refractivity contribution in [1.82, 2.24) is 4.90 Å². The van der Waals surface area contributed by atoms with Gasteiger partial charge in [0.2, 0.25) is 5.91 Å². The first-order chi connectivity index (χ1) is 16.7. The third kappa shape index (κ3) is 5.69. The molecule has 2 amide bonds. The number of esters is 1. The maximum Gasteiger partial charge on any atom is 0.410 e. The van der Waals surface area contributed by atoms with Crippen LogP contribution in [0.2, 0.25) is 0 Å². The zero-order valence-corrected chi connectivity index (χ0v) is 21.7. The monoisotopic (exact) mass is 498 g/mol. The smallest absolute Gasteiger partial charge is 0.410 e. The number of ether oxygens (including phenoxy) is 2. The van der Waals surface area contributed by atoms with E-state index in [0.29, 0.717) is 17.1 Å². The number of benzene rings is 1. The molecule has 1 atom stereocenters. The molecule has 2 fully saturated rings. The van der Waals surface area contributed by atoms with Crippen LogP contribution in [0.15, 0.2) is 36.4 Å². The van der Waals surface area contributed by atoms with E-state index in [1.54, 1.807) is 4.90 Å². The number of methoxy groups -OCH3 is 1. The molecule has 0 bridgehead atoms. The normalized spacial score (nSPS) is 19.5. The molecule has 4 rings (SSSR count). The zero-order chi connectivity index (χ0) is 25.2. The van der Waals surface area contributed by atoms with Crippen molar-refractivity contribution in [2.75, 3.05) is 25.1 Å². The predicted molar refractivity (Wildman–Crippen MR) is 137 cm³/mol. The highest BCUT2D eigenvalue weighted by molar-refractivity contribution is 7.18. The van der Waals surface area contributed by atoms with E-state index in [1.807, 2.05) is 57.2 Å². The Hall–Kier alpha value is -2.87. The van der Waals surface area contributed by atoms with Gasteiger partial charge in [-0.3, -0.25) is 9.69 Å². The fourth-order valence-electron chi connectivity index (χ4n) is 5.00. The standard InChI is InChI=1S/C27H34N2O5S/c1-27(2,3)34-26(32)28-16-21(18-11-7-5-8-12-18)29(23(30)17-28)20-15-22(19-13-9-6-10-14-19)35-24(20)25(31)33-4/h6,9-10,13-15,18,21H,5,7-8,11-12,16-17H2,1-4H3. The molecular formula is C27H34N2O5S. The number of carbonyl (C=O) groups excluding carboxylic acids is 3. The Balaban J connectivity index is 1.74. The van der Waals surface area contributed by atoms with Gasteiger partial charge in [-0.15, -0.1) is 11.3 Å². The summed E-state index contributed by atoms with van der Waals surface area (Å²) in [5.41, 5.74) is 0.904. The summed E-state index contributed by atoms with van der Waals surface area (Å²) in [7, 11) is 1.36. The lowest BCUT2D eigenvalue weighted by atomic mass is 9.82. The van der Waals surface area contributed by atoms with Gasteiger partial charge in [0.25, 0.3) is 0 Å². The Morgan fingerprint density at radius 2 is 1.74 bits per heavy atom. The van der Waals surface area contributed by atoms with Gasteiger partial charge in [-0.1, -0.05) is 49.6 Å². The molecular weight excluding hydrogens is 464 g/mol. The lowest BCUT2D eigenvalue weighted by Crippen LogP contribution is -2.61. The highest BCUT2D eigenvalue weighted by Gasteiger charge is 2.43. The summed E-state index contributed by atoms with van der Waals surface area (Å²) in [5.74, 6) is -0.430. The van der Waals surface area contributed by atoms with Crippen molar-refractivity contribution in [3.63, 3.8) is 0 Å². The van der Waals surface area contributed by atoms with Crippen LogP contribution in [0.25, 0.3) is 10.4 Å². The fraction of sp³-hybridized carbons (Fsp3) is 0.519. The second-order valence-electron chi connectivity index (χ2n) is 10.3. The summed E-state index contributed by atoms with van der Waals surface area (Å²) in [5, 5.41) is 0. The van der Waals surface area contributed by atoms with Crippen molar-refractivity contribution in [3.05, 3.63) is 41.3 Å². The van der Waals surface area contributed by atoms with Crippen molar-refractivity contribution >= 4 is 35.0 Å². The first kappa shape index (κ1) is 25.2. The molecule has 1 aliphatic heterocycles. The minimum Gasteiger partial charge on any atom is -0.465 e. The number of hydrogen-bond donors (Lipinski definition) is 0. The average Bonchev–Trinajstić information content (AvgIpc) is 3.28. The van der Waals surface area contributed by atoms with E-state index in [-0.39, 0.29) is 24.4 Å². The maximum absolute atomic E-state index is 13.7. The van der Waals surface area contributed by atoms with Gasteiger partial charge in [0.05, 0.1) is 18.8 Å². The van der Waals surface area contributed by atoms with Crippen LogP contribution in [-0.4, -0.2) is 54.7 Å². The molecule has 188 valence electrons. The van der Waals surface area contributed by atoms with Crippen LogP contribution in [-0.2, 0) is 14.3 Å². The predicted octanol–water partition coefficient (Wildman–Crippen LogP) is 5.73. The molecule has 1 saturated heterocycles. The van der Waals surface area contributed by atoms with Crippen LogP contribution in [0.3, 0.4) is 0 Å². The van der Waals surface area contributed by atoms with Crippen LogP contribution >= 0.6 is 11.3 Å². The highest BCUT2D eigenvalue weighted by atomic mass is 32.1. The van der Waals surface area contributed by atoms with E-state index >= 15 is 0 Å². The molecule has 8 heteroatoms. The molecule has 2 aromatic rings. The topological polar surface area (TPSA) is 76.2 Å². The number of piperazine rings is 1. The van der Waals surface area contributed by atoms with E-state index in [1.165, 1.54) is 29.8 Å². The van der Waals surface area contributed by atoms with Gasteiger partial charge in [-0.25, -0.2) is 9.59 Å². The number of thiophene rings is 1. The Labute approximate surface area is 211 Å². The van der Waals surface area contributed by atoms with Crippen LogP contribution in [0.1, 0.15) is 62.5 Å². The van der Waals surface area contributed by atoms with Crippen LogP contribution in [0.4, 0.5) is 10.5 Å². The summed E-state index contributed by atoms with van der Waals surface area (Å²) in [4.78, 5) is 44.0. The minimum absolute atomic E-state index is 0.0880. The third-order valence-corrected chi connectivity index (χ3v) is 7.73. The van der Waals surface area contributed by atoms with Crippen LogP contribution in [0, 0.1) is 5.92 Å². The van der Waals surface area contributed by atoms with Gasteiger partial charge in [-0.2, -0.15) is 0 Å². The lowest BCUT2D eigenvalue weighted by molar-refractivity contribution is -0.123. The average molecular weight is 499 g/mol. The second-order valence-corrected chi connectivity index (χ2v) is 11.3. The van der Waals surface area contributed by atoms with Gasteiger partial charge >= 0.3 is 12.1 Å². The number of anilines is 1. The Kier molecular flexibility index (Phi) is 7.50. The molecule has 1 saturated carbocycles. The molecule has 0 spiro atoms. The summed E-state index contributed by atoms with van der Waals surface area (Å²) in [6.07, 6.45) is 4.86. The second kappa shape index (κ2) is 10.4. The van der Waals surface area contributed by atoms with E-state index in [0.717, 1.165) is 36.1 Å². The molecule has 2 heterocycles. The summed E-state index contributed by atoms with van der Waals surface area (Å²) >= 11 is 1.33. The van der Waals surface area contributed by atoms with Gasteiger partial charge in [-0.05, 0) is 51.2 Å². The Morgan fingerprint density at radius 1 is 1.06 bits per heavy atom. The van der Waals surface area contributed by atoms with E-state index in [4.69, 9.17) is 9.47 Å². The number of carbonyl (C=O) groups is 3. The Morgan fingerprint density at radius 3 is 2.37 bits per heavy atom. The highest BCUT2D eigenvalue weighted by Crippen LogP contribution is 2.41. The van der Waals surface area contributed by atoms with Gasteiger partial charge < -0.3 is 14.4 Å². The van der Waals surface area contributed by atoms with E-state index in [9.17, 15) is 14.4 Å². The van der Waals surface area contributed by atoms with Gasteiger partial charge in [0.15, 0.2) is 0 Å². The molecule has 0 N–H and O–H groups in total. The molecule has 1 aromatic heterocycles. The van der Waals surface area contributed by atoms with Crippen LogP contribution in [0.5, 0.6) is 0 Å². The Bertz CT molecular complexity index is 1070. The zero-order valence-electron chi connectivity index (χ0n) is 20.9. The summed E-state index contributed by atoms with van der Waals surface area (Å²) in [6, 6.07) is 11.5. The van der Waals surface area contributed by atoms with Crippen molar-refractivity contribution in [1.29, 1.82) is 0 Å². The molecule has 7 nitrogen and oxygen atoms in total. The van der Waals surface area contributed by atoms with E-state index in [2.05, 4.69) is 0 Å². The number of nitrogens with zero attached hydrogens (tertiary/aromatic N) is 2. The molecule has 35 heavy (non-hydrogen) atoms. The van der Waals surface area contributed by atoms with Crippen molar-refractivity contribution in [2.24, 2.45) is 5.92 Å². The molecule has 1 unspecified atom stereocenters. The SMILES string of the molecule is COC(=O)c1sc(-c2ccccc2)cc1N1C(=O)CN(C(=O)OC(C)(C)C)CC1C1CCCCC1. The number of amides is 2. The van der Waals surface area contributed by atoms with Gasteiger partial charge in [0.1, 0.15) is 17.0 Å². The quantitative estimate of drug-likeness (QED) is 0.503. The number of rotatable bonds is 4. The fourth-order valence-corrected chi connectivity index (χ4v) is 6.07. The largest absolute Gasteiger partial charge is 0.465 e. The first-order valence-corrected chi connectivity index (χ1v) is 13.1. The minimum atomic E-state index is -0.645. The summed E-state index contributed by atoms with van der Waals surface area (Å²) in [6.45, 7) is 5.75. The molecule has 1 aliphatic carbocycles.